The summed E-state index contributed by atoms with van der Waals surface area (Å²) in [5.74, 6) is 0.652. The SMILES string of the molecule is COc1ccc(N(C)C(=O)C(O)CN)cc1C(C)C. The quantitative estimate of drug-likeness (QED) is 0.837. The number of carbonyl (C=O) groups is 1. The second-order valence-corrected chi connectivity index (χ2v) is 4.73. The van der Waals surface area contributed by atoms with Gasteiger partial charge in [0.1, 0.15) is 11.9 Å². The number of benzene rings is 1. The zero-order valence-electron chi connectivity index (χ0n) is 11.9. The Kier molecular flexibility index (Phi) is 5.32. The first-order valence-electron chi connectivity index (χ1n) is 6.26. The molecule has 0 fully saturated rings. The third-order valence-electron chi connectivity index (χ3n) is 3.06. The van der Waals surface area contributed by atoms with Crippen molar-refractivity contribution >= 4 is 11.6 Å². The fraction of sp³-hybridized carbons (Fsp3) is 0.500. The number of methoxy groups -OCH3 is 1. The van der Waals surface area contributed by atoms with E-state index in [-0.39, 0.29) is 12.5 Å². The summed E-state index contributed by atoms with van der Waals surface area (Å²) in [4.78, 5) is 13.3. The van der Waals surface area contributed by atoms with E-state index in [0.29, 0.717) is 5.69 Å². The van der Waals surface area contributed by atoms with Crippen LogP contribution in [0.5, 0.6) is 5.75 Å². The standard InChI is InChI=1S/C14H22N2O3/c1-9(2)11-7-10(5-6-13(11)19-4)16(3)14(18)12(17)8-15/h5-7,9,12,17H,8,15H2,1-4H3. The van der Waals surface area contributed by atoms with Gasteiger partial charge in [-0.2, -0.15) is 0 Å². The van der Waals surface area contributed by atoms with Gasteiger partial charge in [-0.15, -0.1) is 0 Å². The van der Waals surface area contributed by atoms with Crippen LogP contribution < -0.4 is 15.4 Å². The molecule has 1 atom stereocenters. The lowest BCUT2D eigenvalue weighted by molar-refractivity contribution is -0.125. The van der Waals surface area contributed by atoms with Crippen LogP contribution in [0.1, 0.15) is 25.3 Å². The highest BCUT2D eigenvalue weighted by atomic mass is 16.5. The minimum atomic E-state index is -1.17. The second kappa shape index (κ2) is 6.54. The van der Waals surface area contributed by atoms with E-state index in [0.717, 1.165) is 11.3 Å². The van der Waals surface area contributed by atoms with Gasteiger partial charge in [-0.05, 0) is 29.7 Å². The van der Waals surface area contributed by atoms with Crippen LogP contribution in [-0.2, 0) is 4.79 Å². The summed E-state index contributed by atoms with van der Waals surface area (Å²) in [7, 11) is 3.24. The van der Waals surface area contributed by atoms with Crippen molar-refractivity contribution in [1.82, 2.24) is 0 Å². The van der Waals surface area contributed by atoms with Crippen LogP contribution in [-0.4, -0.2) is 37.8 Å². The number of hydrogen-bond acceptors (Lipinski definition) is 4. The molecule has 19 heavy (non-hydrogen) atoms. The van der Waals surface area contributed by atoms with Gasteiger partial charge in [0.15, 0.2) is 0 Å². The molecule has 0 aliphatic carbocycles. The summed E-state index contributed by atoms with van der Waals surface area (Å²) in [5, 5.41) is 9.50. The van der Waals surface area contributed by atoms with Crippen molar-refractivity contribution in [1.29, 1.82) is 0 Å². The Morgan fingerprint density at radius 2 is 2.11 bits per heavy atom. The number of anilines is 1. The molecule has 0 saturated heterocycles. The van der Waals surface area contributed by atoms with Crippen LogP contribution in [0.3, 0.4) is 0 Å². The molecule has 0 radical (unpaired) electrons. The third-order valence-corrected chi connectivity index (χ3v) is 3.06. The van der Waals surface area contributed by atoms with Gasteiger partial charge in [-0.3, -0.25) is 4.79 Å². The highest BCUT2D eigenvalue weighted by molar-refractivity contribution is 5.96. The summed E-state index contributed by atoms with van der Waals surface area (Å²) in [5.41, 5.74) is 7.02. The highest BCUT2D eigenvalue weighted by Crippen LogP contribution is 2.30. The van der Waals surface area contributed by atoms with Crippen LogP contribution in [0.4, 0.5) is 5.69 Å². The monoisotopic (exact) mass is 266 g/mol. The van der Waals surface area contributed by atoms with E-state index in [1.807, 2.05) is 12.1 Å². The van der Waals surface area contributed by atoms with Gasteiger partial charge in [0.05, 0.1) is 7.11 Å². The summed E-state index contributed by atoms with van der Waals surface area (Å²) < 4.78 is 5.30. The maximum absolute atomic E-state index is 11.9. The molecule has 1 amide bonds. The Labute approximate surface area is 114 Å². The van der Waals surface area contributed by atoms with Crippen molar-refractivity contribution < 1.29 is 14.6 Å². The maximum Gasteiger partial charge on any atom is 0.256 e. The topological polar surface area (TPSA) is 75.8 Å². The minimum Gasteiger partial charge on any atom is -0.496 e. The van der Waals surface area contributed by atoms with E-state index in [1.54, 1.807) is 20.2 Å². The number of nitrogens with two attached hydrogens (primary N) is 1. The first-order valence-corrected chi connectivity index (χ1v) is 6.26. The third kappa shape index (κ3) is 3.45. The van der Waals surface area contributed by atoms with Crippen molar-refractivity contribution in [2.75, 3.05) is 25.6 Å². The molecule has 0 aliphatic heterocycles. The lowest BCUT2D eigenvalue weighted by Gasteiger charge is -2.22. The van der Waals surface area contributed by atoms with E-state index in [4.69, 9.17) is 10.5 Å². The first-order chi connectivity index (χ1) is 8.92. The number of ether oxygens (including phenoxy) is 1. The second-order valence-electron chi connectivity index (χ2n) is 4.73. The Balaban J connectivity index is 3.08. The molecule has 0 bridgehead atoms. The first kappa shape index (κ1) is 15.5. The number of aliphatic hydroxyl groups is 1. The highest BCUT2D eigenvalue weighted by Gasteiger charge is 2.20. The van der Waals surface area contributed by atoms with Gasteiger partial charge in [0.25, 0.3) is 5.91 Å². The Morgan fingerprint density at radius 1 is 1.47 bits per heavy atom. The number of rotatable bonds is 5. The minimum absolute atomic E-state index is 0.0869. The molecule has 3 N–H and O–H groups in total. The summed E-state index contributed by atoms with van der Waals surface area (Å²) in [6.45, 7) is 4.02. The van der Waals surface area contributed by atoms with Crippen molar-refractivity contribution in [3.05, 3.63) is 23.8 Å². The molecule has 1 aromatic carbocycles. The van der Waals surface area contributed by atoms with Crippen LogP contribution in [0, 0.1) is 0 Å². The van der Waals surface area contributed by atoms with Crippen LogP contribution in [0.25, 0.3) is 0 Å². The zero-order valence-corrected chi connectivity index (χ0v) is 11.9. The molecule has 0 saturated carbocycles. The molecule has 5 heteroatoms. The van der Waals surface area contributed by atoms with Gasteiger partial charge in [-0.25, -0.2) is 0 Å². The van der Waals surface area contributed by atoms with Crippen molar-refractivity contribution in [3.8, 4) is 5.75 Å². The molecular formula is C14H22N2O3. The lowest BCUT2D eigenvalue weighted by atomic mass is 10.0. The van der Waals surface area contributed by atoms with Crippen molar-refractivity contribution in [3.63, 3.8) is 0 Å². The molecule has 1 unspecified atom stereocenters. The van der Waals surface area contributed by atoms with E-state index in [1.165, 1.54) is 4.90 Å². The predicted octanol–water partition coefficient (Wildman–Crippen LogP) is 1.10. The predicted molar refractivity (Wildman–Crippen MR) is 75.6 cm³/mol. The van der Waals surface area contributed by atoms with E-state index in [9.17, 15) is 9.90 Å². The van der Waals surface area contributed by atoms with Gasteiger partial charge in [-0.1, -0.05) is 13.8 Å². The molecule has 0 spiro atoms. The van der Waals surface area contributed by atoms with E-state index < -0.39 is 12.0 Å². The van der Waals surface area contributed by atoms with E-state index in [2.05, 4.69) is 13.8 Å². The number of amides is 1. The Hall–Kier alpha value is -1.59. The largest absolute Gasteiger partial charge is 0.496 e. The van der Waals surface area contributed by atoms with Crippen LogP contribution >= 0.6 is 0 Å². The van der Waals surface area contributed by atoms with E-state index >= 15 is 0 Å². The molecule has 0 heterocycles. The molecular weight excluding hydrogens is 244 g/mol. The average Bonchev–Trinajstić information content (AvgIpc) is 2.43. The normalized spacial score (nSPS) is 12.4. The number of nitrogens with zero attached hydrogens (tertiary/aromatic N) is 1. The fourth-order valence-electron chi connectivity index (χ4n) is 1.83. The number of likely N-dealkylation sites (N-methyl/N-ethyl adjacent to an activating group) is 1. The summed E-state index contributed by atoms with van der Waals surface area (Å²) in [6, 6.07) is 5.50. The smallest absolute Gasteiger partial charge is 0.256 e. The number of aliphatic hydroxyl groups excluding tert-OH is 1. The molecule has 0 aromatic heterocycles. The molecule has 106 valence electrons. The number of carbonyl (C=O) groups excluding carboxylic acids is 1. The fourth-order valence-corrected chi connectivity index (χ4v) is 1.83. The summed E-state index contributed by atoms with van der Waals surface area (Å²) >= 11 is 0. The van der Waals surface area contributed by atoms with Crippen molar-refractivity contribution in [2.45, 2.75) is 25.9 Å². The van der Waals surface area contributed by atoms with Crippen LogP contribution in [0.15, 0.2) is 18.2 Å². The van der Waals surface area contributed by atoms with Gasteiger partial charge < -0.3 is 20.5 Å². The lowest BCUT2D eigenvalue weighted by Crippen LogP contribution is -2.40. The molecule has 0 aliphatic rings. The molecule has 5 nitrogen and oxygen atoms in total. The maximum atomic E-state index is 11.9. The van der Waals surface area contributed by atoms with Gasteiger partial charge in [0.2, 0.25) is 0 Å². The van der Waals surface area contributed by atoms with Gasteiger partial charge in [0, 0.05) is 19.3 Å². The summed E-state index contributed by atoms with van der Waals surface area (Å²) in [6.07, 6.45) is -1.17. The van der Waals surface area contributed by atoms with Gasteiger partial charge >= 0.3 is 0 Å². The number of hydrogen-bond donors (Lipinski definition) is 2. The molecule has 1 aromatic rings. The zero-order chi connectivity index (χ0) is 14.6. The average molecular weight is 266 g/mol. The molecule has 1 rings (SSSR count). The Bertz CT molecular complexity index is 446. The van der Waals surface area contributed by atoms with Crippen LogP contribution in [0.2, 0.25) is 0 Å². The van der Waals surface area contributed by atoms with Crippen molar-refractivity contribution in [2.24, 2.45) is 5.73 Å². The Morgan fingerprint density at radius 3 is 2.58 bits per heavy atom.